The number of Topliss-reactive ketones (excluding diaryl/α,β-unsaturated/α-hetero) is 1. The maximum Gasteiger partial charge on any atom is 0.326 e. The van der Waals surface area contributed by atoms with Crippen LogP contribution >= 0.6 is 0 Å². The van der Waals surface area contributed by atoms with Crippen LogP contribution in [0.1, 0.15) is 110 Å². The standard InChI is InChI=1S/C32H57N2O10/c1-2-3-4-5-6-7-8-9-10-11-12-13-14-31(38)34-29(32(39)40)15-16-30(37)33-18-21-42-25-26-44-27-28(36)17-20-41-23-24-43-22-19-35/h29H,2-18,20-27H2,1H3,(H,33,37)(H,34,38)(H,39,40). The SMILES string of the molecule is CCCCCCCCCCCCCCC(=O)NC(CCC(=O)NCCOCCOCC(=O)CCOCCOC[C]=O)C(=O)O. The van der Waals surface area contributed by atoms with Gasteiger partial charge in [0.2, 0.25) is 18.1 Å². The van der Waals surface area contributed by atoms with Gasteiger partial charge in [-0.2, -0.15) is 0 Å². The number of unbranched alkanes of at least 4 members (excludes halogenated alkanes) is 11. The summed E-state index contributed by atoms with van der Waals surface area (Å²) in [6.07, 6.45) is 16.4. The average molecular weight is 630 g/mol. The highest BCUT2D eigenvalue weighted by Crippen LogP contribution is 2.12. The summed E-state index contributed by atoms with van der Waals surface area (Å²) < 4.78 is 20.7. The highest BCUT2D eigenvalue weighted by atomic mass is 16.5. The third-order valence-corrected chi connectivity index (χ3v) is 6.81. The van der Waals surface area contributed by atoms with Crippen molar-refractivity contribution in [3.8, 4) is 0 Å². The van der Waals surface area contributed by atoms with E-state index in [9.17, 15) is 29.1 Å². The van der Waals surface area contributed by atoms with Crippen molar-refractivity contribution in [2.24, 2.45) is 0 Å². The third-order valence-electron chi connectivity index (χ3n) is 6.81. The van der Waals surface area contributed by atoms with Gasteiger partial charge in [-0.25, -0.2) is 4.79 Å². The molecule has 0 aromatic carbocycles. The number of carboxylic acid groups (broad SMARTS) is 1. The van der Waals surface area contributed by atoms with Gasteiger partial charge in [0.15, 0.2) is 5.78 Å². The van der Waals surface area contributed by atoms with E-state index in [2.05, 4.69) is 17.6 Å². The molecule has 1 atom stereocenters. The van der Waals surface area contributed by atoms with Crippen LogP contribution in [-0.2, 0) is 42.9 Å². The van der Waals surface area contributed by atoms with E-state index in [1.54, 1.807) is 6.29 Å². The van der Waals surface area contributed by atoms with Crippen LogP contribution in [0.2, 0.25) is 0 Å². The zero-order valence-electron chi connectivity index (χ0n) is 26.9. The topological polar surface area (TPSA) is 167 Å². The van der Waals surface area contributed by atoms with E-state index in [-0.39, 0.29) is 103 Å². The molecule has 0 saturated carbocycles. The molecule has 0 rings (SSSR count). The lowest BCUT2D eigenvalue weighted by atomic mass is 10.0. The van der Waals surface area contributed by atoms with Crippen molar-refractivity contribution >= 4 is 29.9 Å². The number of aliphatic carboxylic acids is 1. The zero-order valence-corrected chi connectivity index (χ0v) is 26.9. The molecule has 12 heteroatoms. The fraction of sp³-hybridized carbons (Fsp3) is 0.844. The van der Waals surface area contributed by atoms with E-state index >= 15 is 0 Å². The van der Waals surface area contributed by atoms with Crippen molar-refractivity contribution < 1.29 is 48.0 Å². The van der Waals surface area contributed by atoms with Crippen LogP contribution in [0.4, 0.5) is 0 Å². The zero-order chi connectivity index (χ0) is 32.5. The van der Waals surface area contributed by atoms with Gasteiger partial charge in [0.05, 0.1) is 39.6 Å². The van der Waals surface area contributed by atoms with Crippen LogP contribution in [0.25, 0.3) is 0 Å². The molecule has 0 aliphatic carbocycles. The van der Waals surface area contributed by atoms with Gasteiger partial charge in [0, 0.05) is 25.8 Å². The minimum Gasteiger partial charge on any atom is -0.480 e. The highest BCUT2D eigenvalue weighted by Gasteiger charge is 2.20. The van der Waals surface area contributed by atoms with Gasteiger partial charge in [0.25, 0.3) is 0 Å². The predicted octanol–water partition coefficient (Wildman–Crippen LogP) is 3.68. The number of hydrogen-bond acceptors (Lipinski definition) is 9. The Morgan fingerprint density at radius 2 is 1.23 bits per heavy atom. The Morgan fingerprint density at radius 3 is 1.84 bits per heavy atom. The van der Waals surface area contributed by atoms with Crippen LogP contribution < -0.4 is 10.6 Å². The Morgan fingerprint density at radius 1 is 0.659 bits per heavy atom. The van der Waals surface area contributed by atoms with Crippen molar-refractivity contribution in [2.75, 3.05) is 59.4 Å². The number of ketones is 1. The largest absolute Gasteiger partial charge is 0.480 e. The quantitative estimate of drug-likeness (QED) is 0.0894. The van der Waals surface area contributed by atoms with Gasteiger partial charge in [-0.3, -0.25) is 19.2 Å². The van der Waals surface area contributed by atoms with Crippen molar-refractivity contribution in [3.63, 3.8) is 0 Å². The van der Waals surface area contributed by atoms with Crippen molar-refractivity contribution in [1.82, 2.24) is 10.6 Å². The van der Waals surface area contributed by atoms with E-state index in [1.807, 2.05) is 0 Å². The Kier molecular flexibility index (Phi) is 30.2. The second-order valence-corrected chi connectivity index (χ2v) is 10.7. The predicted molar refractivity (Wildman–Crippen MR) is 166 cm³/mol. The van der Waals surface area contributed by atoms with Gasteiger partial charge in [-0.1, -0.05) is 77.6 Å². The van der Waals surface area contributed by atoms with E-state index in [1.165, 1.54) is 57.8 Å². The maximum atomic E-state index is 12.2. The highest BCUT2D eigenvalue weighted by molar-refractivity contribution is 5.84. The van der Waals surface area contributed by atoms with Gasteiger partial charge in [-0.05, 0) is 12.8 Å². The van der Waals surface area contributed by atoms with E-state index < -0.39 is 12.0 Å². The molecule has 0 aliphatic rings. The first-order valence-corrected chi connectivity index (χ1v) is 16.4. The summed E-state index contributed by atoms with van der Waals surface area (Å²) in [7, 11) is 0. The first-order chi connectivity index (χ1) is 21.4. The molecular weight excluding hydrogens is 572 g/mol. The van der Waals surface area contributed by atoms with Crippen molar-refractivity contribution in [3.05, 3.63) is 0 Å². The molecule has 0 aliphatic heterocycles. The summed E-state index contributed by atoms with van der Waals surface area (Å²) >= 11 is 0. The van der Waals surface area contributed by atoms with Gasteiger partial charge in [0.1, 0.15) is 19.3 Å². The number of hydrogen-bond donors (Lipinski definition) is 3. The molecule has 1 radical (unpaired) electrons. The first kappa shape index (κ1) is 41.6. The minimum absolute atomic E-state index is 0.00576. The fourth-order valence-electron chi connectivity index (χ4n) is 4.27. The van der Waals surface area contributed by atoms with Crippen LogP contribution in [0, 0.1) is 0 Å². The molecule has 3 N–H and O–H groups in total. The average Bonchev–Trinajstić information content (AvgIpc) is 3.00. The van der Waals surface area contributed by atoms with Crippen LogP contribution in [0.15, 0.2) is 0 Å². The van der Waals surface area contributed by atoms with E-state index in [0.717, 1.165) is 19.3 Å². The minimum atomic E-state index is -1.16. The molecule has 0 saturated heterocycles. The van der Waals surface area contributed by atoms with Crippen molar-refractivity contribution in [2.45, 2.75) is 116 Å². The number of carbonyl (C=O) groups excluding carboxylic acids is 4. The lowest BCUT2D eigenvalue weighted by Gasteiger charge is -2.14. The number of nitrogens with one attached hydrogen (secondary N) is 2. The summed E-state index contributed by atoms with van der Waals surface area (Å²) in [5.41, 5.74) is 0. The maximum absolute atomic E-state index is 12.2. The number of carbonyl (C=O) groups is 4. The molecule has 0 aromatic heterocycles. The number of amides is 2. The molecule has 0 fully saturated rings. The molecule has 12 nitrogen and oxygen atoms in total. The van der Waals surface area contributed by atoms with Crippen LogP contribution in [0.5, 0.6) is 0 Å². The second kappa shape index (κ2) is 32.0. The number of rotatable bonds is 34. The van der Waals surface area contributed by atoms with Crippen molar-refractivity contribution in [1.29, 1.82) is 0 Å². The monoisotopic (exact) mass is 629 g/mol. The van der Waals surface area contributed by atoms with Gasteiger partial charge in [-0.15, -0.1) is 0 Å². The molecule has 0 bridgehead atoms. The lowest BCUT2D eigenvalue weighted by molar-refractivity contribution is -0.142. The van der Waals surface area contributed by atoms with E-state index in [0.29, 0.717) is 0 Å². The Labute approximate surface area is 263 Å². The summed E-state index contributed by atoms with van der Waals surface area (Å²) in [6.45, 7) is 3.81. The molecule has 0 heterocycles. The molecule has 255 valence electrons. The molecule has 0 aromatic rings. The molecular formula is C32H57N2O10. The van der Waals surface area contributed by atoms with E-state index in [4.69, 9.17) is 18.9 Å². The molecule has 0 spiro atoms. The summed E-state index contributed by atoms with van der Waals surface area (Å²) in [5.74, 6) is -1.89. The van der Waals surface area contributed by atoms with Gasteiger partial charge < -0.3 is 34.7 Å². The number of carboxylic acids is 1. The van der Waals surface area contributed by atoms with Crippen LogP contribution in [0.3, 0.4) is 0 Å². The summed E-state index contributed by atoms with van der Waals surface area (Å²) in [6, 6.07) is -1.10. The Bertz CT molecular complexity index is 751. The lowest BCUT2D eigenvalue weighted by Crippen LogP contribution is -2.41. The Hall–Kier alpha value is -2.41. The molecule has 1 unspecified atom stereocenters. The smallest absolute Gasteiger partial charge is 0.326 e. The van der Waals surface area contributed by atoms with Gasteiger partial charge >= 0.3 is 5.97 Å². The normalized spacial score (nSPS) is 11.7. The fourth-order valence-corrected chi connectivity index (χ4v) is 4.27. The molecule has 44 heavy (non-hydrogen) atoms. The summed E-state index contributed by atoms with van der Waals surface area (Å²) in [4.78, 5) is 57.5. The molecule has 2 amide bonds. The third kappa shape index (κ3) is 29.7. The first-order valence-electron chi connectivity index (χ1n) is 16.4. The summed E-state index contributed by atoms with van der Waals surface area (Å²) in [5, 5.41) is 14.6. The second-order valence-electron chi connectivity index (χ2n) is 10.7. The number of ether oxygens (including phenoxy) is 4. The van der Waals surface area contributed by atoms with Crippen LogP contribution in [-0.4, -0.2) is 100 Å². The Balaban J connectivity index is 3.71.